The average Bonchev–Trinajstić information content (AvgIpc) is 2.49. The van der Waals surface area contributed by atoms with Gasteiger partial charge in [0.05, 0.1) is 0 Å². The first-order valence-electron chi connectivity index (χ1n) is 6.87. The molecule has 2 nitrogen and oxygen atoms in total. The Morgan fingerprint density at radius 3 is 1.68 bits per heavy atom. The van der Waals surface area contributed by atoms with Crippen LogP contribution in [0.4, 0.5) is 5.69 Å². The Morgan fingerprint density at radius 2 is 1.21 bits per heavy atom. The Labute approximate surface area is 115 Å². The van der Waals surface area contributed by atoms with Crippen molar-refractivity contribution in [3.63, 3.8) is 0 Å². The molecule has 0 aliphatic heterocycles. The Bertz CT molecular complexity index is 438. The van der Waals surface area contributed by atoms with Crippen LogP contribution in [-0.2, 0) is 19.5 Å². The first kappa shape index (κ1) is 13.6. The van der Waals surface area contributed by atoms with Gasteiger partial charge in [-0.3, -0.25) is 0 Å². The molecule has 0 atom stereocenters. The summed E-state index contributed by atoms with van der Waals surface area (Å²) < 4.78 is 0. The summed E-state index contributed by atoms with van der Waals surface area (Å²) >= 11 is 0. The molecule has 2 aromatic rings. The molecule has 0 fully saturated rings. The lowest BCUT2D eigenvalue weighted by atomic mass is 10.1. The van der Waals surface area contributed by atoms with Gasteiger partial charge in [-0.05, 0) is 35.2 Å². The number of nitrogens with one attached hydrogen (secondary N) is 2. The quantitative estimate of drug-likeness (QED) is 0.823. The summed E-state index contributed by atoms with van der Waals surface area (Å²) in [5.74, 6) is 0. The molecule has 0 spiro atoms. The Morgan fingerprint density at radius 1 is 0.737 bits per heavy atom. The fourth-order valence-electron chi connectivity index (χ4n) is 2.03. The standard InChI is InChI=1S/C17H22N2/c1-3-14-4-6-15(7-5-14)12-19-13-16-8-10-17(18-2)11-9-16/h4-11,18-19H,3,12-13H2,1-2H3. The first-order chi connectivity index (χ1) is 9.31. The smallest absolute Gasteiger partial charge is 0.0337 e. The van der Waals surface area contributed by atoms with Crippen molar-refractivity contribution in [1.29, 1.82) is 0 Å². The van der Waals surface area contributed by atoms with Gasteiger partial charge >= 0.3 is 0 Å². The van der Waals surface area contributed by atoms with Gasteiger partial charge in [-0.15, -0.1) is 0 Å². The van der Waals surface area contributed by atoms with E-state index in [1.54, 1.807) is 0 Å². The van der Waals surface area contributed by atoms with Crippen LogP contribution < -0.4 is 10.6 Å². The second kappa shape index (κ2) is 6.95. The van der Waals surface area contributed by atoms with E-state index < -0.39 is 0 Å². The fraction of sp³-hybridized carbons (Fsp3) is 0.294. The second-order valence-corrected chi connectivity index (χ2v) is 4.72. The lowest BCUT2D eigenvalue weighted by Crippen LogP contribution is -2.12. The maximum absolute atomic E-state index is 3.47. The number of aryl methyl sites for hydroxylation is 1. The van der Waals surface area contributed by atoms with Gasteiger partial charge in [-0.2, -0.15) is 0 Å². The zero-order valence-electron chi connectivity index (χ0n) is 11.7. The molecule has 19 heavy (non-hydrogen) atoms. The second-order valence-electron chi connectivity index (χ2n) is 4.72. The molecule has 0 heterocycles. The Hall–Kier alpha value is -1.80. The van der Waals surface area contributed by atoms with E-state index in [-0.39, 0.29) is 0 Å². The summed E-state index contributed by atoms with van der Waals surface area (Å²) in [7, 11) is 1.94. The number of hydrogen-bond donors (Lipinski definition) is 2. The van der Waals surface area contributed by atoms with Crippen molar-refractivity contribution in [2.75, 3.05) is 12.4 Å². The highest BCUT2D eigenvalue weighted by Crippen LogP contribution is 2.09. The van der Waals surface area contributed by atoms with E-state index >= 15 is 0 Å². The van der Waals surface area contributed by atoms with Gasteiger partial charge < -0.3 is 10.6 Å². The van der Waals surface area contributed by atoms with E-state index in [0.717, 1.165) is 25.2 Å². The molecule has 0 aliphatic carbocycles. The van der Waals surface area contributed by atoms with Gasteiger partial charge in [-0.25, -0.2) is 0 Å². The molecular weight excluding hydrogens is 232 g/mol. The highest BCUT2D eigenvalue weighted by Gasteiger charge is 1.95. The molecule has 0 amide bonds. The number of anilines is 1. The minimum atomic E-state index is 0.902. The van der Waals surface area contributed by atoms with Gasteiger partial charge in [0.2, 0.25) is 0 Å². The maximum atomic E-state index is 3.47. The molecule has 0 unspecified atom stereocenters. The third kappa shape index (κ3) is 4.11. The highest BCUT2D eigenvalue weighted by molar-refractivity contribution is 5.43. The van der Waals surface area contributed by atoms with Gasteiger partial charge in [-0.1, -0.05) is 43.3 Å². The van der Waals surface area contributed by atoms with E-state index in [1.165, 1.54) is 16.7 Å². The largest absolute Gasteiger partial charge is 0.388 e. The van der Waals surface area contributed by atoms with Gasteiger partial charge in [0.15, 0.2) is 0 Å². The molecular formula is C17H22N2. The third-order valence-corrected chi connectivity index (χ3v) is 3.33. The predicted molar refractivity (Wildman–Crippen MR) is 82.4 cm³/mol. The normalized spacial score (nSPS) is 10.4. The molecule has 2 rings (SSSR count). The Kier molecular flexibility index (Phi) is 4.99. The summed E-state index contributed by atoms with van der Waals surface area (Å²) in [6, 6.07) is 17.3. The van der Waals surface area contributed by atoms with E-state index in [0.29, 0.717) is 0 Å². The average molecular weight is 254 g/mol. The zero-order chi connectivity index (χ0) is 13.5. The topological polar surface area (TPSA) is 24.1 Å². The van der Waals surface area contributed by atoms with Crippen LogP contribution in [0, 0.1) is 0 Å². The van der Waals surface area contributed by atoms with Crippen LogP contribution in [0.25, 0.3) is 0 Å². The van der Waals surface area contributed by atoms with Gasteiger partial charge in [0.1, 0.15) is 0 Å². The van der Waals surface area contributed by atoms with Crippen LogP contribution in [0.5, 0.6) is 0 Å². The first-order valence-corrected chi connectivity index (χ1v) is 6.87. The van der Waals surface area contributed by atoms with Crippen LogP contribution in [0.3, 0.4) is 0 Å². The molecule has 2 N–H and O–H groups in total. The molecule has 0 saturated heterocycles. The molecule has 0 radical (unpaired) electrons. The predicted octanol–water partition coefficient (Wildman–Crippen LogP) is 3.58. The summed E-state index contributed by atoms with van der Waals surface area (Å²) in [6.07, 6.45) is 1.10. The van der Waals surface area contributed by atoms with Crippen molar-refractivity contribution < 1.29 is 0 Å². The molecule has 100 valence electrons. The lowest BCUT2D eigenvalue weighted by molar-refractivity contribution is 0.693. The summed E-state index contributed by atoms with van der Waals surface area (Å²) in [5.41, 5.74) is 5.19. The number of hydrogen-bond acceptors (Lipinski definition) is 2. The van der Waals surface area contributed by atoms with Crippen molar-refractivity contribution in [1.82, 2.24) is 5.32 Å². The lowest BCUT2D eigenvalue weighted by Gasteiger charge is -2.07. The minimum absolute atomic E-state index is 0.902. The summed E-state index contributed by atoms with van der Waals surface area (Å²) in [5, 5.41) is 6.60. The van der Waals surface area contributed by atoms with Crippen LogP contribution in [0.15, 0.2) is 48.5 Å². The number of rotatable bonds is 6. The summed E-state index contributed by atoms with van der Waals surface area (Å²) in [6.45, 7) is 4.00. The molecule has 0 saturated carbocycles. The van der Waals surface area contributed by atoms with Crippen molar-refractivity contribution in [2.45, 2.75) is 26.4 Å². The Balaban J connectivity index is 1.81. The third-order valence-electron chi connectivity index (χ3n) is 3.33. The SMILES string of the molecule is CCc1ccc(CNCc2ccc(NC)cc2)cc1. The molecule has 0 bridgehead atoms. The van der Waals surface area contributed by atoms with Crippen LogP contribution in [0.1, 0.15) is 23.6 Å². The van der Waals surface area contributed by atoms with Crippen molar-refractivity contribution in [3.8, 4) is 0 Å². The van der Waals surface area contributed by atoms with Crippen LogP contribution in [0.2, 0.25) is 0 Å². The molecule has 0 aromatic heterocycles. The van der Waals surface area contributed by atoms with Gasteiger partial charge in [0.25, 0.3) is 0 Å². The van der Waals surface area contributed by atoms with E-state index in [1.807, 2.05) is 7.05 Å². The van der Waals surface area contributed by atoms with Crippen LogP contribution >= 0.6 is 0 Å². The monoisotopic (exact) mass is 254 g/mol. The fourth-order valence-corrected chi connectivity index (χ4v) is 2.03. The van der Waals surface area contributed by atoms with E-state index in [2.05, 4.69) is 66.1 Å². The minimum Gasteiger partial charge on any atom is -0.388 e. The highest BCUT2D eigenvalue weighted by atomic mass is 14.8. The van der Waals surface area contributed by atoms with Crippen molar-refractivity contribution in [2.24, 2.45) is 0 Å². The molecule has 2 heteroatoms. The van der Waals surface area contributed by atoms with Gasteiger partial charge in [0, 0.05) is 25.8 Å². The number of benzene rings is 2. The molecule has 0 aliphatic rings. The zero-order valence-corrected chi connectivity index (χ0v) is 11.7. The molecule has 2 aromatic carbocycles. The van der Waals surface area contributed by atoms with Crippen molar-refractivity contribution >= 4 is 5.69 Å². The van der Waals surface area contributed by atoms with E-state index in [9.17, 15) is 0 Å². The maximum Gasteiger partial charge on any atom is 0.0337 e. The van der Waals surface area contributed by atoms with Crippen molar-refractivity contribution in [3.05, 3.63) is 65.2 Å². The van der Waals surface area contributed by atoms with Crippen LogP contribution in [-0.4, -0.2) is 7.05 Å². The van der Waals surface area contributed by atoms with E-state index in [4.69, 9.17) is 0 Å². The summed E-state index contributed by atoms with van der Waals surface area (Å²) in [4.78, 5) is 0.